The molecule has 0 bridgehead atoms. The highest BCUT2D eigenvalue weighted by Gasteiger charge is 2.31. The fourth-order valence-electron chi connectivity index (χ4n) is 4.36. The summed E-state index contributed by atoms with van der Waals surface area (Å²) in [5.74, 6) is 2.17. The van der Waals surface area contributed by atoms with E-state index < -0.39 is 0 Å². The van der Waals surface area contributed by atoms with E-state index in [1.807, 2.05) is 31.2 Å². The fraction of sp³-hybridized carbons (Fsp3) is 0.346. The summed E-state index contributed by atoms with van der Waals surface area (Å²) < 4.78 is 16.4. The number of Topliss-reactive ketones (excluding diaryl/α,β-unsaturated/α-hetero) is 1. The highest BCUT2D eigenvalue weighted by Crippen LogP contribution is 2.43. The second-order valence-electron chi connectivity index (χ2n) is 8.12. The maximum Gasteiger partial charge on any atom is 0.227 e. The first kappa shape index (κ1) is 22.6. The minimum Gasteiger partial charge on any atom is -0.493 e. The molecule has 7 nitrogen and oxygen atoms in total. The van der Waals surface area contributed by atoms with Gasteiger partial charge in [0.1, 0.15) is 0 Å². The van der Waals surface area contributed by atoms with Crippen LogP contribution >= 0.6 is 0 Å². The lowest BCUT2D eigenvalue weighted by Gasteiger charge is -2.26. The monoisotopic (exact) mass is 447 g/mol. The number of aromatic nitrogens is 2. The Balaban J connectivity index is 1.66. The Kier molecular flexibility index (Phi) is 6.49. The summed E-state index contributed by atoms with van der Waals surface area (Å²) in [7, 11) is 4.75. The minimum atomic E-state index is -0.0512. The van der Waals surface area contributed by atoms with Crippen molar-refractivity contribution >= 4 is 17.4 Å². The number of nitrogens with one attached hydrogen (secondary N) is 1. The summed E-state index contributed by atoms with van der Waals surface area (Å²) in [6, 6.07) is 12.0. The van der Waals surface area contributed by atoms with E-state index in [9.17, 15) is 4.79 Å². The van der Waals surface area contributed by atoms with Gasteiger partial charge >= 0.3 is 0 Å². The number of fused-ring (bicyclic) bond motifs is 1. The van der Waals surface area contributed by atoms with Gasteiger partial charge in [-0.15, -0.1) is 0 Å². The van der Waals surface area contributed by atoms with Crippen LogP contribution in [-0.2, 0) is 12.8 Å². The van der Waals surface area contributed by atoms with Crippen molar-refractivity contribution in [3.8, 4) is 17.2 Å². The first-order valence-electron chi connectivity index (χ1n) is 11.0. The highest BCUT2D eigenvalue weighted by atomic mass is 16.5. The number of aryl methyl sites for hydroxylation is 2. The van der Waals surface area contributed by atoms with Crippen molar-refractivity contribution < 1.29 is 19.0 Å². The number of anilines is 2. The lowest BCUT2D eigenvalue weighted by atomic mass is 9.81. The Morgan fingerprint density at radius 1 is 0.970 bits per heavy atom. The molecule has 2 aromatic carbocycles. The number of carbonyl (C=O) groups excluding carboxylic acids is 1. The molecule has 4 rings (SSSR count). The van der Waals surface area contributed by atoms with Crippen molar-refractivity contribution in [2.24, 2.45) is 0 Å². The Bertz CT molecular complexity index is 1150. The van der Waals surface area contributed by atoms with Crippen LogP contribution in [0.2, 0.25) is 0 Å². The molecule has 33 heavy (non-hydrogen) atoms. The normalized spacial score (nSPS) is 15.1. The van der Waals surface area contributed by atoms with Gasteiger partial charge in [-0.1, -0.05) is 19.1 Å². The van der Waals surface area contributed by atoms with E-state index >= 15 is 0 Å². The molecule has 172 valence electrons. The number of rotatable bonds is 7. The third-order valence-electron chi connectivity index (χ3n) is 6.09. The predicted octanol–water partition coefficient (Wildman–Crippen LogP) is 5.03. The van der Waals surface area contributed by atoms with Gasteiger partial charge in [-0.25, -0.2) is 9.97 Å². The summed E-state index contributed by atoms with van der Waals surface area (Å²) in [4.78, 5) is 22.4. The number of benzene rings is 2. The van der Waals surface area contributed by atoms with E-state index in [0.29, 0.717) is 47.3 Å². The van der Waals surface area contributed by atoms with Gasteiger partial charge in [0, 0.05) is 12.1 Å². The first-order valence-corrected chi connectivity index (χ1v) is 11.0. The molecule has 1 N–H and O–H groups in total. The third kappa shape index (κ3) is 4.49. The molecule has 0 spiro atoms. The summed E-state index contributed by atoms with van der Waals surface area (Å²) in [5.41, 5.74) is 5.21. The molecule has 7 heteroatoms. The third-order valence-corrected chi connectivity index (χ3v) is 6.09. The average molecular weight is 448 g/mol. The van der Waals surface area contributed by atoms with Gasteiger partial charge in [0.2, 0.25) is 11.7 Å². The van der Waals surface area contributed by atoms with Crippen molar-refractivity contribution in [2.75, 3.05) is 26.6 Å². The summed E-state index contributed by atoms with van der Waals surface area (Å²) in [6.45, 7) is 3.99. The number of hydrogen-bond acceptors (Lipinski definition) is 7. The number of ether oxygens (including phenoxy) is 3. The zero-order valence-electron chi connectivity index (χ0n) is 19.7. The number of methoxy groups -OCH3 is 3. The van der Waals surface area contributed by atoms with Crippen molar-refractivity contribution in [1.29, 1.82) is 0 Å². The van der Waals surface area contributed by atoms with Crippen LogP contribution in [0, 0.1) is 6.92 Å². The van der Waals surface area contributed by atoms with Gasteiger partial charge in [0.15, 0.2) is 17.3 Å². The molecule has 0 amide bonds. The summed E-state index contributed by atoms with van der Waals surface area (Å²) in [5, 5.41) is 3.28. The van der Waals surface area contributed by atoms with Crippen molar-refractivity contribution in [2.45, 2.75) is 39.0 Å². The van der Waals surface area contributed by atoms with Crippen LogP contribution in [0.1, 0.15) is 52.1 Å². The Labute approximate surface area is 194 Å². The van der Waals surface area contributed by atoms with E-state index in [4.69, 9.17) is 19.2 Å². The van der Waals surface area contributed by atoms with E-state index in [1.54, 1.807) is 21.3 Å². The molecule has 0 radical (unpaired) electrons. The molecule has 0 fully saturated rings. The van der Waals surface area contributed by atoms with Crippen LogP contribution in [-0.4, -0.2) is 37.1 Å². The Morgan fingerprint density at radius 2 is 1.64 bits per heavy atom. The molecular weight excluding hydrogens is 418 g/mol. The summed E-state index contributed by atoms with van der Waals surface area (Å²) >= 11 is 0. The van der Waals surface area contributed by atoms with Crippen LogP contribution in [0.3, 0.4) is 0 Å². The second kappa shape index (κ2) is 9.48. The van der Waals surface area contributed by atoms with Crippen LogP contribution in [0.5, 0.6) is 17.2 Å². The highest BCUT2D eigenvalue weighted by molar-refractivity contribution is 5.99. The molecule has 1 aliphatic carbocycles. The van der Waals surface area contributed by atoms with Gasteiger partial charge in [-0.2, -0.15) is 0 Å². The van der Waals surface area contributed by atoms with Crippen LogP contribution in [0.25, 0.3) is 0 Å². The number of carbonyl (C=O) groups is 1. The standard InChI is InChI=1S/C26H29N3O4/c1-6-16-7-9-19(10-8-16)28-26-27-15(2)24-20(29-26)11-17(12-21(24)30)18-13-22(31-3)25(33-5)23(14-18)32-4/h7-10,13-14,17H,6,11-12H2,1-5H3,(H,27,28,29). The Morgan fingerprint density at radius 3 is 2.21 bits per heavy atom. The molecule has 1 atom stereocenters. The van der Waals surface area contributed by atoms with Crippen LogP contribution < -0.4 is 19.5 Å². The lowest BCUT2D eigenvalue weighted by Crippen LogP contribution is -2.23. The largest absolute Gasteiger partial charge is 0.493 e. The van der Waals surface area contributed by atoms with E-state index in [0.717, 1.165) is 23.4 Å². The number of hydrogen-bond donors (Lipinski definition) is 1. The quantitative estimate of drug-likeness (QED) is 0.544. The van der Waals surface area contributed by atoms with Crippen LogP contribution in [0.15, 0.2) is 36.4 Å². The van der Waals surface area contributed by atoms with E-state index in [2.05, 4.69) is 29.4 Å². The Hall–Kier alpha value is -3.61. The van der Waals surface area contributed by atoms with Gasteiger partial charge < -0.3 is 19.5 Å². The molecule has 0 saturated heterocycles. The van der Waals surface area contributed by atoms with Crippen molar-refractivity contribution in [3.05, 3.63) is 64.5 Å². The lowest BCUT2D eigenvalue weighted by molar-refractivity contribution is 0.0962. The first-order chi connectivity index (χ1) is 16.0. The maximum atomic E-state index is 13.1. The zero-order chi connectivity index (χ0) is 23.5. The van der Waals surface area contributed by atoms with Crippen molar-refractivity contribution in [3.63, 3.8) is 0 Å². The maximum absolute atomic E-state index is 13.1. The zero-order valence-corrected chi connectivity index (χ0v) is 19.7. The van der Waals surface area contributed by atoms with Gasteiger partial charge in [-0.3, -0.25) is 4.79 Å². The molecule has 1 aliphatic rings. The topological polar surface area (TPSA) is 82.6 Å². The van der Waals surface area contributed by atoms with Gasteiger partial charge in [0.05, 0.1) is 38.3 Å². The van der Waals surface area contributed by atoms with Gasteiger partial charge in [0.25, 0.3) is 0 Å². The smallest absolute Gasteiger partial charge is 0.227 e. The number of nitrogens with zero attached hydrogens (tertiary/aromatic N) is 2. The second-order valence-corrected chi connectivity index (χ2v) is 8.12. The average Bonchev–Trinajstić information content (AvgIpc) is 2.82. The molecule has 1 heterocycles. The van der Waals surface area contributed by atoms with Gasteiger partial charge in [-0.05, 0) is 61.1 Å². The van der Waals surface area contributed by atoms with Crippen molar-refractivity contribution in [1.82, 2.24) is 9.97 Å². The SMILES string of the molecule is CCc1ccc(Nc2nc(C)c3c(n2)CC(c2cc(OC)c(OC)c(OC)c2)CC3=O)cc1. The van der Waals surface area contributed by atoms with E-state index in [1.165, 1.54) is 5.56 Å². The van der Waals surface area contributed by atoms with E-state index in [-0.39, 0.29) is 11.7 Å². The summed E-state index contributed by atoms with van der Waals surface area (Å²) in [6.07, 6.45) is 1.98. The molecular formula is C26H29N3O4. The predicted molar refractivity (Wildman–Crippen MR) is 127 cm³/mol. The van der Waals surface area contributed by atoms with Crippen LogP contribution in [0.4, 0.5) is 11.6 Å². The number of ketones is 1. The molecule has 1 unspecified atom stereocenters. The molecule has 1 aromatic heterocycles. The minimum absolute atomic E-state index is 0.0475. The molecule has 0 aliphatic heterocycles. The molecule has 3 aromatic rings. The molecule has 0 saturated carbocycles. The fourth-order valence-corrected chi connectivity index (χ4v) is 4.36.